The van der Waals surface area contributed by atoms with Crippen LogP contribution < -0.4 is 20.4 Å². The SMILES string of the molecule is CC[C@H](C)NC(=O)NC(=O)C[NH+]1CC[NH+](Cc2cccc(Cl)c2)CC1. The molecule has 4 N–H and O–H groups in total. The van der Waals surface area contributed by atoms with Gasteiger partial charge in [-0.25, -0.2) is 4.79 Å². The second-order valence-electron chi connectivity index (χ2n) is 6.81. The molecule has 1 heterocycles. The molecule has 1 aromatic carbocycles. The van der Waals surface area contributed by atoms with E-state index in [1.54, 1.807) is 0 Å². The molecule has 0 unspecified atom stereocenters. The van der Waals surface area contributed by atoms with E-state index >= 15 is 0 Å². The minimum absolute atomic E-state index is 0.0683. The van der Waals surface area contributed by atoms with Gasteiger partial charge in [0, 0.05) is 16.6 Å². The average Bonchev–Trinajstić information content (AvgIpc) is 2.56. The predicted octanol–water partition coefficient (Wildman–Crippen LogP) is -0.752. The van der Waals surface area contributed by atoms with Crippen molar-refractivity contribution in [1.82, 2.24) is 10.6 Å². The topological polar surface area (TPSA) is 67.1 Å². The van der Waals surface area contributed by atoms with Gasteiger partial charge in [-0.1, -0.05) is 30.7 Å². The van der Waals surface area contributed by atoms with Crippen molar-refractivity contribution in [3.8, 4) is 0 Å². The Morgan fingerprint density at radius 3 is 2.52 bits per heavy atom. The summed E-state index contributed by atoms with van der Waals surface area (Å²) in [6.45, 7) is 9.07. The van der Waals surface area contributed by atoms with E-state index in [2.05, 4.69) is 16.7 Å². The molecule has 6 nitrogen and oxygen atoms in total. The van der Waals surface area contributed by atoms with Gasteiger partial charge in [-0.2, -0.15) is 0 Å². The molecule has 0 aliphatic carbocycles. The van der Waals surface area contributed by atoms with Gasteiger partial charge >= 0.3 is 6.03 Å². The first-order valence-corrected chi connectivity index (χ1v) is 9.36. The third kappa shape index (κ3) is 7.02. The van der Waals surface area contributed by atoms with Crippen molar-refractivity contribution in [2.45, 2.75) is 32.9 Å². The average molecular weight is 369 g/mol. The molecule has 25 heavy (non-hydrogen) atoms. The second-order valence-corrected chi connectivity index (χ2v) is 7.25. The van der Waals surface area contributed by atoms with Crippen LogP contribution in [-0.4, -0.2) is 50.7 Å². The van der Waals surface area contributed by atoms with E-state index in [1.807, 2.05) is 32.0 Å². The fourth-order valence-electron chi connectivity index (χ4n) is 3.01. The first-order chi connectivity index (χ1) is 12.0. The van der Waals surface area contributed by atoms with Crippen LogP contribution in [-0.2, 0) is 11.3 Å². The van der Waals surface area contributed by atoms with Crippen LogP contribution in [0.4, 0.5) is 4.79 Å². The van der Waals surface area contributed by atoms with Gasteiger partial charge in [0.25, 0.3) is 5.91 Å². The van der Waals surface area contributed by atoms with Crippen LogP contribution >= 0.6 is 11.6 Å². The van der Waals surface area contributed by atoms with Crippen molar-refractivity contribution in [3.05, 3.63) is 34.9 Å². The smallest absolute Gasteiger partial charge is 0.321 e. The molecule has 1 aromatic rings. The molecule has 3 amide bonds. The van der Waals surface area contributed by atoms with Crippen LogP contribution in [0.2, 0.25) is 5.02 Å². The molecule has 0 bridgehead atoms. The Kier molecular flexibility index (Phi) is 7.68. The number of nitrogens with one attached hydrogen (secondary N) is 4. The Morgan fingerprint density at radius 1 is 1.20 bits per heavy atom. The molecule has 138 valence electrons. The molecule has 2 rings (SSSR count). The zero-order valence-corrected chi connectivity index (χ0v) is 15.8. The Morgan fingerprint density at radius 2 is 1.88 bits per heavy atom. The molecule has 1 fully saturated rings. The number of hydrogen-bond donors (Lipinski definition) is 4. The predicted molar refractivity (Wildman–Crippen MR) is 97.8 cm³/mol. The minimum atomic E-state index is -0.399. The zero-order valence-electron chi connectivity index (χ0n) is 15.0. The second kappa shape index (κ2) is 9.75. The number of carbonyl (C=O) groups is 2. The van der Waals surface area contributed by atoms with E-state index in [0.717, 1.165) is 44.2 Å². The number of hydrogen-bond acceptors (Lipinski definition) is 2. The van der Waals surface area contributed by atoms with Crippen LogP contribution in [0.15, 0.2) is 24.3 Å². The molecule has 7 heteroatoms. The van der Waals surface area contributed by atoms with Crippen molar-refractivity contribution in [2.75, 3.05) is 32.7 Å². The normalized spacial score (nSPS) is 21.4. The summed E-state index contributed by atoms with van der Waals surface area (Å²) in [6, 6.07) is 7.65. The van der Waals surface area contributed by atoms with Crippen LogP contribution in [0.1, 0.15) is 25.8 Å². The van der Waals surface area contributed by atoms with Gasteiger partial charge in [-0.3, -0.25) is 10.1 Å². The molecule has 0 spiro atoms. The van der Waals surface area contributed by atoms with E-state index in [-0.39, 0.29) is 11.9 Å². The lowest BCUT2D eigenvalue weighted by atomic mass is 10.2. The summed E-state index contributed by atoms with van der Waals surface area (Å²) in [4.78, 5) is 26.4. The fraction of sp³-hybridized carbons (Fsp3) is 0.556. The lowest BCUT2D eigenvalue weighted by Crippen LogP contribution is -3.28. The maximum atomic E-state index is 12.0. The molecule has 1 saturated heterocycles. The van der Waals surface area contributed by atoms with Gasteiger partial charge in [-0.05, 0) is 25.5 Å². The fourth-order valence-corrected chi connectivity index (χ4v) is 3.22. The highest BCUT2D eigenvalue weighted by Gasteiger charge is 2.25. The quantitative estimate of drug-likeness (QED) is 0.533. The van der Waals surface area contributed by atoms with Gasteiger partial charge in [0.1, 0.15) is 32.7 Å². The maximum Gasteiger partial charge on any atom is 0.321 e. The number of piperazine rings is 1. The third-order valence-electron chi connectivity index (χ3n) is 4.66. The number of benzene rings is 1. The van der Waals surface area contributed by atoms with Crippen molar-refractivity contribution in [1.29, 1.82) is 0 Å². The molecular weight excluding hydrogens is 340 g/mol. The van der Waals surface area contributed by atoms with Gasteiger partial charge in [0.05, 0.1) is 0 Å². The Bertz CT molecular complexity index is 588. The largest absolute Gasteiger partial charge is 0.335 e. The summed E-state index contributed by atoms with van der Waals surface area (Å²) in [5.74, 6) is -0.214. The standard InChI is InChI=1S/C18H27ClN4O2/c1-3-14(2)20-18(25)21-17(24)13-23-9-7-22(8-10-23)12-15-5-4-6-16(19)11-15/h4-6,11,14H,3,7-10,12-13H2,1-2H3,(H2,20,21,24,25)/p+2/t14-/m0/s1. The number of carbonyl (C=O) groups excluding carboxylic acids is 2. The minimum Gasteiger partial charge on any atom is -0.335 e. The van der Waals surface area contributed by atoms with Crippen LogP contribution in [0, 0.1) is 0 Å². The van der Waals surface area contributed by atoms with Gasteiger partial charge in [0.15, 0.2) is 6.54 Å². The van der Waals surface area contributed by atoms with Gasteiger partial charge in [0.2, 0.25) is 0 Å². The molecule has 0 aromatic heterocycles. The molecular formula is C18H29ClN4O2+2. The highest BCUT2D eigenvalue weighted by atomic mass is 35.5. The molecule has 1 aliphatic heterocycles. The van der Waals surface area contributed by atoms with E-state index in [4.69, 9.17) is 11.6 Å². The molecule has 0 saturated carbocycles. The maximum absolute atomic E-state index is 12.0. The van der Waals surface area contributed by atoms with Gasteiger partial charge < -0.3 is 15.1 Å². The lowest BCUT2D eigenvalue weighted by molar-refractivity contribution is -1.02. The highest BCUT2D eigenvalue weighted by molar-refractivity contribution is 6.30. The summed E-state index contributed by atoms with van der Waals surface area (Å²) >= 11 is 6.03. The highest BCUT2D eigenvalue weighted by Crippen LogP contribution is 2.09. The summed E-state index contributed by atoms with van der Waals surface area (Å²) in [5, 5.41) is 5.93. The van der Waals surface area contributed by atoms with Gasteiger partial charge in [-0.15, -0.1) is 0 Å². The van der Waals surface area contributed by atoms with Crippen LogP contribution in [0.25, 0.3) is 0 Å². The first-order valence-electron chi connectivity index (χ1n) is 8.98. The summed E-state index contributed by atoms with van der Waals surface area (Å²) in [5.41, 5.74) is 1.24. The summed E-state index contributed by atoms with van der Waals surface area (Å²) in [6.07, 6.45) is 0.838. The number of urea groups is 1. The third-order valence-corrected chi connectivity index (χ3v) is 4.90. The van der Waals surface area contributed by atoms with Crippen molar-refractivity contribution >= 4 is 23.5 Å². The monoisotopic (exact) mass is 368 g/mol. The molecule has 1 aliphatic rings. The lowest BCUT2D eigenvalue weighted by Gasteiger charge is -2.29. The Labute approximate surface area is 154 Å². The summed E-state index contributed by atoms with van der Waals surface area (Å²) in [7, 11) is 0. The Hall–Kier alpha value is -1.63. The van der Waals surface area contributed by atoms with Crippen LogP contribution in [0.5, 0.6) is 0 Å². The Balaban J connectivity index is 1.69. The molecule has 1 atom stereocenters. The van der Waals surface area contributed by atoms with Crippen molar-refractivity contribution < 1.29 is 19.4 Å². The van der Waals surface area contributed by atoms with E-state index in [1.165, 1.54) is 15.4 Å². The number of amides is 3. The van der Waals surface area contributed by atoms with E-state index in [9.17, 15) is 9.59 Å². The van der Waals surface area contributed by atoms with E-state index in [0.29, 0.717) is 6.54 Å². The number of halogens is 1. The van der Waals surface area contributed by atoms with E-state index < -0.39 is 6.03 Å². The molecule has 0 radical (unpaired) electrons. The number of imide groups is 1. The zero-order chi connectivity index (χ0) is 18.2. The van der Waals surface area contributed by atoms with Crippen LogP contribution in [0.3, 0.4) is 0 Å². The van der Waals surface area contributed by atoms with Crippen molar-refractivity contribution in [2.24, 2.45) is 0 Å². The number of rotatable bonds is 6. The first kappa shape index (κ1) is 19.7. The summed E-state index contributed by atoms with van der Waals surface area (Å²) < 4.78 is 0. The van der Waals surface area contributed by atoms with Crippen molar-refractivity contribution in [3.63, 3.8) is 0 Å². The number of quaternary nitrogens is 2.